The molecule has 0 amide bonds. The molecule has 5 nitrogen and oxygen atoms in total. The Morgan fingerprint density at radius 3 is 2.32 bits per heavy atom. The number of likely N-dealkylation sites (tertiary alicyclic amines) is 2. The second kappa shape index (κ2) is 12.7. The van der Waals surface area contributed by atoms with Gasteiger partial charge in [0, 0.05) is 38.3 Å². The summed E-state index contributed by atoms with van der Waals surface area (Å²) >= 11 is 0. The molecule has 2 saturated heterocycles. The summed E-state index contributed by atoms with van der Waals surface area (Å²) in [6, 6.07) is 1.47. The van der Waals surface area contributed by atoms with Crippen molar-refractivity contribution < 1.29 is 0 Å². The highest BCUT2D eigenvalue weighted by Crippen LogP contribution is 2.26. The SMILES string of the molecule is CCNC(=NCCCCCN1CCCCC1)NC1CCN(C2CCCC2)CC1. The molecule has 0 aromatic heterocycles. The van der Waals surface area contributed by atoms with Gasteiger partial charge in [-0.2, -0.15) is 0 Å². The molecule has 0 bridgehead atoms. The van der Waals surface area contributed by atoms with E-state index in [-0.39, 0.29) is 0 Å². The van der Waals surface area contributed by atoms with Crippen molar-refractivity contribution in [2.45, 2.75) is 96.1 Å². The molecule has 1 aliphatic carbocycles. The van der Waals surface area contributed by atoms with Gasteiger partial charge in [0.15, 0.2) is 5.96 Å². The van der Waals surface area contributed by atoms with Crippen LogP contribution in [0.5, 0.6) is 0 Å². The van der Waals surface area contributed by atoms with E-state index in [1.54, 1.807) is 0 Å². The van der Waals surface area contributed by atoms with E-state index < -0.39 is 0 Å². The van der Waals surface area contributed by atoms with Crippen molar-refractivity contribution in [3.63, 3.8) is 0 Å². The lowest BCUT2D eigenvalue weighted by Gasteiger charge is -2.36. The van der Waals surface area contributed by atoms with E-state index in [0.29, 0.717) is 6.04 Å². The highest BCUT2D eigenvalue weighted by molar-refractivity contribution is 5.80. The van der Waals surface area contributed by atoms with Crippen LogP contribution in [-0.2, 0) is 0 Å². The molecule has 1 saturated carbocycles. The zero-order valence-electron chi connectivity index (χ0n) is 18.4. The van der Waals surface area contributed by atoms with Crippen molar-refractivity contribution in [3.05, 3.63) is 0 Å². The van der Waals surface area contributed by atoms with Crippen LogP contribution in [0, 0.1) is 0 Å². The first-order chi connectivity index (χ1) is 13.8. The molecule has 3 rings (SSSR count). The molecular formula is C23H45N5. The van der Waals surface area contributed by atoms with E-state index in [4.69, 9.17) is 4.99 Å². The van der Waals surface area contributed by atoms with Crippen LogP contribution in [-0.4, -0.2) is 73.7 Å². The molecule has 2 N–H and O–H groups in total. The molecule has 0 unspecified atom stereocenters. The van der Waals surface area contributed by atoms with Crippen molar-refractivity contribution in [3.8, 4) is 0 Å². The summed E-state index contributed by atoms with van der Waals surface area (Å²) < 4.78 is 0. The van der Waals surface area contributed by atoms with E-state index in [9.17, 15) is 0 Å². The van der Waals surface area contributed by atoms with Crippen molar-refractivity contribution in [1.29, 1.82) is 0 Å². The molecule has 0 spiro atoms. The van der Waals surface area contributed by atoms with E-state index in [1.165, 1.54) is 110 Å². The predicted octanol–water partition coefficient (Wildman–Crippen LogP) is 3.60. The standard InChI is InChI=1S/C23H45N5/c1-2-24-23(25-15-7-3-8-16-27-17-9-4-10-18-27)26-21-13-19-28(20-14-21)22-11-5-6-12-22/h21-22H,2-20H2,1H3,(H2,24,25,26). The van der Waals surface area contributed by atoms with Gasteiger partial charge in [0.2, 0.25) is 0 Å². The van der Waals surface area contributed by atoms with Crippen LogP contribution in [0.1, 0.15) is 84.0 Å². The molecule has 162 valence electrons. The van der Waals surface area contributed by atoms with E-state index in [0.717, 1.165) is 25.1 Å². The van der Waals surface area contributed by atoms with Crippen molar-refractivity contribution in [2.24, 2.45) is 4.99 Å². The van der Waals surface area contributed by atoms with Gasteiger partial charge in [-0.15, -0.1) is 0 Å². The van der Waals surface area contributed by atoms with Crippen LogP contribution >= 0.6 is 0 Å². The first-order valence-corrected chi connectivity index (χ1v) is 12.4. The maximum absolute atomic E-state index is 4.86. The number of nitrogens with zero attached hydrogens (tertiary/aromatic N) is 3. The number of piperidine rings is 2. The van der Waals surface area contributed by atoms with Gasteiger partial charge >= 0.3 is 0 Å². The lowest BCUT2D eigenvalue weighted by molar-refractivity contribution is 0.150. The number of rotatable bonds is 9. The largest absolute Gasteiger partial charge is 0.357 e. The Morgan fingerprint density at radius 1 is 0.857 bits per heavy atom. The monoisotopic (exact) mass is 391 g/mol. The summed E-state index contributed by atoms with van der Waals surface area (Å²) in [5, 5.41) is 7.17. The number of hydrogen-bond acceptors (Lipinski definition) is 3. The minimum Gasteiger partial charge on any atom is -0.357 e. The van der Waals surface area contributed by atoms with Gasteiger partial charge in [0.25, 0.3) is 0 Å². The van der Waals surface area contributed by atoms with Crippen LogP contribution in [0.3, 0.4) is 0 Å². The average Bonchev–Trinajstić information content (AvgIpc) is 3.27. The summed E-state index contributed by atoms with van der Waals surface area (Å²) in [7, 11) is 0. The highest BCUT2D eigenvalue weighted by atomic mass is 15.2. The van der Waals surface area contributed by atoms with Gasteiger partial charge in [-0.3, -0.25) is 4.99 Å². The van der Waals surface area contributed by atoms with Crippen LogP contribution in [0.25, 0.3) is 0 Å². The lowest BCUT2D eigenvalue weighted by Crippen LogP contribution is -2.50. The van der Waals surface area contributed by atoms with Crippen LogP contribution < -0.4 is 10.6 Å². The molecule has 2 heterocycles. The quantitative estimate of drug-likeness (QED) is 0.358. The Balaban J connectivity index is 1.29. The van der Waals surface area contributed by atoms with Crippen LogP contribution in [0.15, 0.2) is 4.99 Å². The summed E-state index contributed by atoms with van der Waals surface area (Å²) in [6.45, 7) is 10.5. The van der Waals surface area contributed by atoms with Crippen LogP contribution in [0.2, 0.25) is 0 Å². The predicted molar refractivity (Wildman–Crippen MR) is 120 cm³/mol. The fraction of sp³-hybridized carbons (Fsp3) is 0.957. The summed E-state index contributed by atoms with van der Waals surface area (Å²) in [4.78, 5) is 10.3. The Morgan fingerprint density at radius 2 is 1.61 bits per heavy atom. The third-order valence-electron chi connectivity index (χ3n) is 6.91. The third-order valence-corrected chi connectivity index (χ3v) is 6.91. The van der Waals surface area contributed by atoms with E-state index in [2.05, 4.69) is 27.4 Å². The van der Waals surface area contributed by atoms with Crippen molar-refractivity contribution >= 4 is 5.96 Å². The lowest BCUT2D eigenvalue weighted by atomic mass is 10.0. The molecule has 0 atom stereocenters. The number of nitrogens with one attached hydrogen (secondary N) is 2. The van der Waals surface area contributed by atoms with Gasteiger partial charge in [-0.1, -0.05) is 25.7 Å². The number of unbranched alkanes of at least 4 members (excludes halogenated alkanes) is 2. The molecule has 5 heteroatoms. The normalized spacial score (nSPS) is 24.0. The number of hydrogen-bond donors (Lipinski definition) is 2. The summed E-state index contributed by atoms with van der Waals surface area (Å²) in [6.07, 6.45) is 16.4. The van der Waals surface area contributed by atoms with Gasteiger partial charge in [-0.05, 0) is 77.9 Å². The Hall–Kier alpha value is -0.810. The highest BCUT2D eigenvalue weighted by Gasteiger charge is 2.27. The zero-order valence-corrected chi connectivity index (χ0v) is 18.4. The summed E-state index contributed by atoms with van der Waals surface area (Å²) in [5.41, 5.74) is 0. The second-order valence-corrected chi connectivity index (χ2v) is 9.12. The fourth-order valence-electron chi connectivity index (χ4n) is 5.19. The maximum atomic E-state index is 4.86. The molecule has 0 aromatic rings. The Kier molecular flexibility index (Phi) is 9.92. The smallest absolute Gasteiger partial charge is 0.191 e. The first kappa shape index (κ1) is 21.9. The Bertz CT molecular complexity index is 432. The molecule has 0 radical (unpaired) electrons. The van der Waals surface area contributed by atoms with Crippen molar-refractivity contribution in [2.75, 3.05) is 45.8 Å². The topological polar surface area (TPSA) is 42.9 Å². The number of aliphatic imine (C=N–C) groups is 1. The van der Waals surface area contributed by atoms with Crippen molar-refractivity contribution in [1.82, 2.24) is 20.4 Å². The maximum Gasteiger partial charge on any atom is 0.191 e. The third kappa shape index (κ3) is 7.55. The van der Waals surface area contributed by atoms with E-state index >= 15 is 0 Å². The van der Waals surface area contributed by atoms with Gasteiger partial charge in [0.1, 0.15) is 0 Å². The molecular weight excluding hydrogens is 346 g/mol. The van der Waals surface area contributed by atoms with Gasteiger partial charge < -0.3 is 20.4 Å². The van der Waals surface area contributed by atoms with Gasteiger partial charge in [0.05, 0.1) is 0 Å². The number of guanidine groups is 1. The van der Waals surface area contributed by atoms with Crippen LogP contribution in [0.4, 0.5) is 0 Å². The first-order valence-electron chi connectivity index (χ1n) is 12.4. The molecule has 3 aliphatic rings. The minimum atomic E-state index is 0.592. The Labute approximate surface area is 173 Å². The molecule has 2 aliphatic heterocycles. The van der Waals surface area contributed by atoms with Gasteiger partial charge in [-0.25, -0.2) is 0 Å². The average molecular weight is 392 g/mol. The molecule has 28 heavy (non-hydrogen) atoms. The second-order valence-electron chi connectivity index (χ2n) is 9.12. The van der Waals surface area contributed by atoms with E-state index in [1.807, 2.05) is 0 Å². The molecule has 3 fully saturated rings. The molecule has 0 aromatic carbocycles. The minimum absolute atomic E-state index is 0.592. The summed E-state index contributed by atoms with van der Waals surface area (Å²) in [5.74, 6) is 1.04. The fourth-order valence-corrected chi connectivity index (χ4v) is 5.19. The zero-order chi connectivity index (χ0) is 19.4.